The van der Waals surface area contributed by atoms with Gasteiger partial charge < -0.3 is 0 Å². The Morgan fingerprint density at radius 3 is 2.63 bits per heavy atom. The van der Waals surface area contributed by atoms with Crippen LogP contribution in [0.15, 0.2) is 18.3 Å². The molecule has 0 aliphatic heterocycles. The summed E-state index contributed by atoms with van der Waals surface area (Å²) in [6, 6.07) is 3.52. The fourth-order valence-electron chi connectivity index (χ4n) is 1.96. The summed E-state index contributed by atoms with van der Waals surface area (Å²) >= 11 is 12.0. The highest BCUT2D eigenvalue weighted by Crippen LogP contribution is 2.25. The maximum absolute atomic E-state index is 6.24. The molecular weight excluding hydrogens is 285 g/mol. The maximum Gasteiger partial charge on any atom is 0.129 e. The Kier molecular flexibility index (Phi) is 4.42. The van der Waals surface area contributed by atoms with Gasteiger partial charge in [-0.3, -0.25) is 16.0 Å². The van der Waals surface area contributed by atoms with Crippen molar-refractivity contribution in [2.45, 2.75) is 19.4 Å². The predicted molar refractivity (Wildman–Crippen MR) is 76.0 cm³/mol. The zero-order chi connectivity index (χ0) is 14.0. The van der Waals surface area contributed by atoms with Crippen molar-refractivity contribution in [3.8, 4) is 0 Å². The molecule has 0 aromatic carbocycles. The van der Waals surface area contributed by atoms with Crippen molar-refractivity contribution in [2.24, 2.45) is 12.9 Å². The van der Waals surface area contributed by atoms with Crippen molar-refractivity contribution >= 4 is 23.2 Å². The molecule has 0 bridgehead atoms. The summed E-state index contributed by atoms with van der Waals surface area (Å²) < 4.78 is 1.77. The lowest BCUT2D eigenvalue weighted by Gasteiger charge is -2.16. The van der Waals surface area contributed by atoms with Crippen molar-refractivity contribution in [3.05, 3.63) is 45.5 Å². The van der Waals surface area contributed by atoms with Crippen LogP contribution in [0, 0.1) is 6.92 Å². The fraction of sp³-hybridized carbons (Fsp3) is 0.333. The van der Waals surface area contributed by atoms with Gasteiger partial charge in [-0.25, -0.2) is 4.98 Å². The molecule has 102 valence electrons. The van der Waals surface area contributed by atoms with Gasteiger partial charge >= 0.3 is 0 Å². The van der Waals surface area contributed by atoms with Gasteiger partial charge in [-0.1, -0.05) is 29.3 Å². The molecule has 0 aliphatic rings. The molecular formula is C12H15Cl2N5. The van der Waals surface area contributed by atoms with E-state index in [1.165, 1.54) is 0 Å². The zero-order valence-corrected chi connectivity index (χ0v) is 12.2. The van der Waals surface area contributed by atoms with Crippen LogP contribution in [0.25, 0.3) is 0 Å². The molecule has 5 nitrogen and oxygen atoms in total. The molecule has 2 heterocycles. The van der Waals surface area contributed by atoms with E-state index in [0.717, 1.165) is 17.0 Å². The predicted octanol–water partition coefficient (Wildman–Crippen LogP) is 2.18. The van der Waals surface area contributed by atoms with Gasteiger partial charge in [0.2, 0.25) is 0 Å². The summed E-state index contributed by atoms with van der Waals surface area (Å²) in [7, 11) is 1.86. The largest absolute Gasteiger partial charge is 0.271 e. The van der Waals surface area contributed by atoms with E-state index in [1.54, 1.807) is 16.9 Å². The van der Waals surface area contributed by atoms with Gasteiger partial charge in [-0.05, 0) is 18.6 Å². The molecule has 2 aromatic rings. The van der Waals surface area contributed by atoms with E-state index in [9.17, 15) is 0 Å². The average molecular weight is 300 g/mol. The normalized spacial score (nSPS) is 12.7. The standard InChI is InChI=1S/C12H15Cl2N5/c1-7-12(14)10(19(2)18-7)5-9(17-15)8-3-4-11(13)16-6-8/h3-4,6,9,17H,5,15H2,1-2H3. The van der Waals surface area contributed by atoms with Crippen molar-refractivity contribution in [1.82, 2.24) is 20.2 Å². The van der Waals surface area contributed by atoms with Crippen LogP contribution in [-0.2, 0) is 13.5 Å². The second-order valence-electron chi connectivity index (χ2n) is 4.31. The van der Waals surface area contributed by atoms with Gasteiger partial charge in [-0.15, -0.1) is 0 Å². The number of nitrogens with one attached hydrogen (secondary N) is 1. The number of halogens is 2. The summed E-state index contributed by atoms with van der Waals surface area (Å²) in [6.45, 7) is 1.88. The molecule has 2 rings (SSSR count). The SMILES string of the molecule is Cc1nn(C)c(CC(NN)c2ccc(Cl)nc2)c1Cl. The Hall–Kier alpha value is -1.14. The first-order valence-corrected chi connectivity index (χ1v) is 6.54. The van der Waals surface area contributed by atoms with Crippen LogP contribution in [-0.4, -0.2) is 14.8 Å². The quantitative estimate of drug-likeness (QED) is 0.516. The molecule has 0 saturated heterocycles. The van der Waals surface area contributed by atoms with E-state index in [2.05, 4.69) is 15.5 Å². The number of hydrogen-bond donors (Lipinski definition) is 2. The zero-order valence-electron chi connectivity index (χ0n) is 10.7. The highest BCUT2D eigenvalue weighted by molar-refractivity contribution is 6.31. The molecule has 0 amide bonds. The Morgan fingerprint density at radius 2 is 2.16 bits per heavy atom. The number of nitrogens with zero attached hydrogens (tertiary/aromatic N) is 3. The highest BCUT2D eigenvalue weighted by Gasteiger charge is 2.17. The van der Waals surface area contributed by atoms with E-state index in [-0.39, 0.29) is 6.04 Å². The van der Waals surface area contributed by atoms with Crippen LogP contribution in [0.5, 0.6) is 0 Å². The summed E-state index contributed by atoms with van der Waals surface area (Å²) in [4.78, 5) is 4.05. The maximum atomic E-state index is 6.24. The number of aryl methyl sites for hydroxylation is 2. The minimum Gasteiger partial charge on any atom is -0.271 e. The molecule has 0 spiro atoms. The van der Waals surface area contributed by atoms with Crippen LogP contribution >= 0.6 is 23.2 Å². The van der Waals surface area contributed by atoms with Crippen LogP contribution < -0.4 is 11.3 Å². The van der Waals surface area contributed by atoms with E-state index in [1.807, 2.05) is 20.0 Å². The van der Waals surface area contributed by atoms with Crippen LogP contribution in [0.2, 0.25) is 10.2 Å². The van der Waals surface area contributed by atoms with Gasteiger partial charge in [-0.2, -0.15) is 5.10 Å². The third-order valence-corrected chi connectivity index (χ3v) is 3.73. The van der Waals surface area contributed by atoms with Gasteiger partial charge in [0.25, 0.3) is 0 Å². The van der Waals surface area contributed by atoms with Gasteiger partial charge in [0.05, 0.1) is 22.5 Å². The molecule has 0 saturated carbocycles. The van der Waals surface area contributed by atoms with Crippen molar-refractivity contribution in [3.63, 3.8) is 0 Å². The Bertz CT molecular complexity index is 564. The van der Waals surface area contributed by atoms with Crippen molar-refractivity contribution in [1.29, 1.82) is 0 Å². The summed E-state index contributed by atoms with van der Waals surface area (Å²) in [5.74, 6) is 5.61. The first kappa shape index (κ1) is 14.3. The van der Waals surface area contributed by atoms with Crippen LogP contribution in [0.4, 0.5) is 0 Å². The third-order valence-electron chi connectivity index (χ3n) is 3.01. The number of hydrazine groups is 1. The van der Waals surface area contributed by atoms with Crippen LogP contribution in [0.3, 0.4) is 0 Å². The molecule has 2 aromatic heterocycles. The third kappa shape index (κ3) is 3.06. The molecule has 1 atom stereocenters. The molecule has 0 aliphatic carbocycles. The number of rotatable bonds is 4. The minimum atomic E-state index is -0.0999. The van der Waals surface area contributed by atoms with Crippen LogP contribution in [0.1, 0.15) is 23.0 Å². The second-order valence-corrected chi connectivity index (χ2v) is 5.07. The van der Waals surface area contributed by atoms with Crippen molar-refractivity contribution < 1.29 is 0 Å². The Labute approximate surface area is 121 Å². The first-order valence-electron chi connectivity index (χ1n) is 5.78. The summed E-state index contributed by atoms with van der Waals surface area (Å²) in [6.07, 6.45) is 2.32. The monoisotopic (exact) mass is 299 g/mol. The molecule has 1 unspecified atom stereocenters. The number of aromatic nitrogens is 3. The molecule has 0 fully saturated rings. The van der Waals surface area contributed by atoms with E-state index in [4.69, 9.17) is 29.0 Å². The minimum absolute atomic E-state index is 0.0999. The second kappa shape index (κ2) is 5.88. The fourth-order valence-corrected chi connectivity index (χ4v) is 2.31. The molecule has 7 heteroatoms. The first-order chi connectivity index (χ1) is 9.02. The summed E-state index contributed by atoms with van der Waals surface area (Å²) in [5.41, 5.74) is 5.45. The Morgan fingerprint density at radius 1 is 1.42 bits per heavy atom. The number of hydrogen-bond acceptors (Lipinski definition) is 4. The topological polar surface area (TPSA) is 68.8 Å². The van der Waals surface area contributed by atoms with Gasteiger partial charge in [0, 0.05) is 19.7 Å². The molecule has 0 radical (unpaired) electrons. The molecule has 3 N–H and O–H groups in total. The van der Waals surface area contributed by atoms with Crippen molar-refractivity contribution in [2.75, 3.05) is 0 Å². The molecule has 19 heavy (non-hydrogen) atoms. The highest BCUT2D eigenvalue weighted by atomic mass is 35.5. The van der Waals surface area contributed by atoms with E-state index >= 15 is 0 Å². The van der Waals surface area contributed by atoms with E-state index in [0.29, 0.717) is 16.6 Å². The smallest absolute Gasteiger partial charge is 0.129 e. The lowest BCUT2D eigenvalue weighted by atomic mass is 10.0. The van der Waals surface area contributed by atoms with E-state index < -0.39 is 0 Å². The van der Waals surface area contributed by atoms with Gasteiger partial charge in [0.15, 0.2) is 0 Å². The lowest BCUT2D eigenvalue weighted by molar-refractivity contribution is 0.528. The lowest BCUT2D eigenvalue weighted by Crippen LogP contribution is -2.30. The number of nitrogens with two attached hydrogens (primary N) is 1. The number of pyridine rings is 1. The average Bonchev–Trinajstić information content (AvgIpc) is 2.63. The summed E-state index contributed by atoms with van der Waals surface area (Å²) in [5, 5.41) is 5.41. The Balaban J connectivity index is 2.26. The van der Waals surface area contributed by atoms with Gasteiger partial charge in [0.1, 0.15) is 5.15 Å².